The molecule has 0 unspecified atom stereocenters. The van der Waals surface area contributed by atoms with E-state index in [1.165, 1.54) is 11.3 Å². The van der Waals surface area contributed by atoms with E-state index in [0.29, 0.717) is 11.1 Å². The number of aryl methyl sites for hydroxylation is 1. The molecule has 8 heteroatoms. The molecular formula is C10H6F3NO3S. The van der Waals surface area contributed by atoms with Gasteiger partial charge in [-0.1, -0.05) is 0 Å². The van der Waals surface area contributed by atoms with Crippen LogP contribution in [-0.4, -0.2) is 16.1 Å². The second-order valence-electron chi connectivity index (χ2n) is 3.47. The number of hydrogen-bond donors (Lipinski definition) is 1. The van der Waals surface area contributed by atoms with Gasteiger partial charge < -0.3 is 9.52 Å². The first kappa shape index (κ1) is 12.6. The maximum atomic E-state index is 12.6. The third-order valence-electron chi connectivity index (χ3n) is 2.18. The van der Waals surface area contributed by atoms with Crippen LogP contribution in [0.3, 0.4) is 0 Å². The highest BCUT2D eigenvalue weighted by atomic mass is 32.1. The molecule has 0 spiro atoms. The van der Waals surface area contributed by atoms with Gasteiger partial charge in [0.05, 0.1) is 5.56 Å². The number of carbonyl (C=O) groups is 1. The van der Waals surface area contributed by atoms with Gasteiger partial charge in [0.2, 0.25) is 11.7 Å². The van der Waals surface area contributed by atoms with Crippen molar-refractivity contribution in [3.05, 3.63) is 27.8 Å². The van der Waals surface area contributed by atoms with Gasteiger partial charge in [0, 0.05) is 5.38 Å². The van der Waals surface area contributed by atoms with Crippen LogP contribution >= 0.6 is 11.3 Å². The number of oxazole rings is 1. The van der Waals surface area contributed by atoms with Crippen molar-refractivity contribution in [2.45, 2.75) is 13.1 Å². The lowest BCUT2D eigenvalue weighted by molar-refractivity contribution is -0.141. The van der Waals surface area contributed by atoms with Crippen LogP contribution in [0.15, 0.2) is 15.2 Å². The summed E-state index contributed by atoms with van der Waals surface area (Å²) >= 11 is 1.26. The first-order valence-electron chi connectivity index (χ1n) is 4.65. The topological polar surface area (TPSA) is 63.3 Å². The number of aromatic nitrogens is 1. The number of alkyl halides is 3. The zero-order valence-corrected chi connectivity index (χ0v) is 9.72. The van der Waals surface area contributed by atoms with Gasteiger partial charge in [-0.3, -0.25) is 0 Å². The first-order valence-corrected chi connectivity index (χ1v) is 5.59. The molecule has 0 aromatic carbocycles. The molecule has 0 aliphatic heterocycles. The molecule has 2 aromatic rings. The van der Waals surface area contributed by atoms with E-state index < -0.39 is 23.6 Å². The lowest BCUT2D eigenvalue weighted by Crippen LogP contribution is -2.11. The molecule has 0 aliphatic carbocycles. The molecule has 2 heterocycles. The number of halogens is 3. The van der Waals surface area contributed by atoms with E-state index in [1.54, 1.807) is 17.7 Å². The Morgan fingerprint density at radius 3 is 2.50 bits per heavy atom. The summed E-state index contributed by atoms with van der Waals surface area (Å²) < 4.78 is 42.4. The Morgan fingerprint density at radius 2 is 2.11 bits per heavy atom. The van der Waals surface area contributed by atoms with Gasteiger partial charge in [-0.15, -0.1) is 0 Å². The summed E-state index contributed by atoms with van der Waals surface area (Å²) in [5.41, 5.74) is -0.486. The summed E-state index contributed by atoms with van der Waals surface area (Å²) in [5, 5.41) is 11.9. The van der Waals surface area contributed by atoms with Crippen LogP contribution in [0.4, 0.5) is 13.2 Å². The zero-order valence-electron chi connectivity index (χ0n) is 8.91. The number of hydrogen-bond acceptors (Lipinski definition) is 4. The molecule has 0 amide bonds. The number of nitrogens with zero attached hydrogens (tertiary/aromatic N) is 1. The van der Waals surface area contributed by atoms with Gasteiger partial charge in [0.15, 0.2) is 5.69 Å². The second kappa shape index (κ2) is 4.13. The van der Waals surface area contributed by atoms with E-state index in [2.05, 4.69) is 4.98 Å². The molecule has 0 atom stereocenters. The van der Waals surface area contributed by atoms with Gasteiger partial charge in [0.1, 0.15) is 0 Å². The van der Waals surface area contributed by atoms with E-state index in [0.717, 1.165) is 0 Å². The van der Waals surface area contributed by atoms with E-state index in [1.807, 2.05) is 0 Å². The number of thiophene rings is 1. The minimum atomic E-state index is -4.86. The van der Waals surface area contributed by atoms with Crippen molar-refractivity contribution in [2.24, 2.45) is 0 Å². The summed E-state index contributed by atoms with van der Waals surface area (Å²) in [5.74, 6) is -3.32. The summed E-state index contributed by atoms with van der Waals surface area (Å²) in [6.07, 6.45) is -4.86. The fourth-order valence-corrected chi connectivity index (χ4v) is 2.17. The molecule has 18 heavy (non-hydrogen) atoms. The molecule has 0 saturated heterocycles. The third kappa shape index (κ3) is 2.10. The minimum absolute atomic E-state index is 0.335. The number of rotatable bonds is 2. The van der Waals surface area contributed by atoms with Crippen LogP contribution in [0, 0.1) is 6.92 Å². The summed E-state index contributed by atoms with van der Waals surface area (Å²) in [6.45, 7) is 1.67. The Hall–Kier alpha value is -1.83. The highest BCUT2D eigenvalue weighted by molar-refractivity contribution is 7.08. The van der Waals surface area contributed by atoms with Crippen molar-refractivity contribution in [2.75, 3.05) is 0 Å². The van der Waals surface area contributed by atoms with Crippen molar-refractivity contribution in [3.8, 4) is 11.5 Å². The maximum absolute atomic E-state index is 12.6. The predicted molar refractivity (Wildman–Crippen MR) is 56.5 cm³/mol. The number of aromatic carboxylic acids is 1. The average molecular weight is 277 g/mol. The molecule has 4 nitrogen and oxygen atoms in total. The molecular weight excluding hydrogens is 271 g/mol. The second-order valence-corrected chi connectivity index (χ2v) is 4.21. The summed E-state index contributed by atoms with van der Waals surface area (Å²) in [6, 6.07) is 0. The number of carboxylic acids is 1. The lowest BCUT2D eigenvalue weighted by Gasteiger charge is -2.00. The molecule has 0 fully saturated rings. The average Bonchev–Trinajstić information content (AvgIpc) is 2.81. The van der Waals surface area contributed by atoms with Crippen LogP contribution in [0.2, 0.25) is 0 Å². The van der Waals surface area contributed by atoms with Crippen LogP contribution in [0.5, 0.6) is 0 Å². The summed E-state index contributed by atoms with van der Waals surface area (Å²) in [4.78, 5) is 13.9. The highest BCUT2D eigenvalue weighted by Gasteiger charge is 2.41. The lowest BCUT2D eigenvalue weighted by atomic mass is 10.2. The molecule has 96 valence electrons. The molecule has 0 aliphatic rings. The van der Waals surface area contributed by atoms with Crippen molar-refractivity contribution < 1.29 is 27.5 Å². The van der Waals surface area contributed by atoms with E-state index in [9.17, 15) is 18.0 Å². The van der Waals surface area contributed by atoms with Crippen molar-refractivity contribution in [1.29, 1.82) is 0 Å². The van der Waals surface area contributed by atoms with Crippen LogP contribution in [-0.2, 0) is 6.18 Å². The Labute approximate surface area is 103 Å². The van der Waals surface area contributed by atoms with Crippen molar-refractivity contribution >= 4 is 17.3 Å². The van der Waals surface area contributed by atoms with Gasteiger partial charge in [-0.2, -0.15) is 24.5 Å². The molecule has 0 radical (unpaired) electrons. The Morgan fingerprint density at radius 1 is 1.44 bits per heavy atom. The number of carboxylic acid groups (broad SMARTS) is 1. The standard InChI is InChI=1S/C10H6F3NO3S/c1-4-2-18-3-5(4)8-14-7(10(11,12)13)6(17-8)9(15)16/h2-3H,1H3,(H,15,16). The fourth-order valence-electron chi connectivity index (χ4n) is 1.35. The maximum Gasteiger partial charge on any atom is 0.437 e. The van der Waals surface area contributed by atoms with Crippen LogP contribution in [0.1, 0.15) is 21.8 Å². The monoisotopic (exact) mass is 277 g/mol. The van der Waals surface area contributed by atoms with Crippen LogP contribution < -0.4 is 0 Å². The van der Waals surface area contributed by atoms with Crippen molar-refractivity contribution in [1.82, 2.24) is 4.98 Å². The fraction of sp³-hybridized carbons (Fsp3) is 0.200. The van der Waals surface area contributed by atoms with E-state index in [-0.39, 0.29) is 5.89 Å². The minimum Gasteiger partial charge on any atom is -0.475 e. The van der Waals surface area contributed by atoms with Gasteiger partial charge in [0.25, 0.3) is 0 Å². The molecule has 0 bridgehead atoms. The highest BCUT2D eigenvalue weighted by Crippen LogP contribution is 2.35. The zero-order chi connectivity index (χ0) is 13.5. The quantitative estimate of drug-likeness (QED) is 0.913. The van der Waals surface area contributed by atoms with E-state index in [4.69, 9.17) is 9.52 Å². The molecule has 2 aromatic heterocycles. The van der Waals surface area contributed by atoms with E-state index >= 15 is 0 Å². The molecule has 2 rings (SSSR count). The predicted octanol–water partition coefficient (Wildman–Crippen LogP) is 3.43. The Kier molecular flexibility index (Phi) is 2.89. The Balaban J connectivity index is 2.60. The first-order chi connectivity index (χ1) is 8.30. The Bertz CT molecular complexity index is 600. The van der Waals surface area contributed by atoms with Gasteiger partial charge in [-0.05, 0) is 17.9 Å². The van der Waals surface area contributed by atoms with Crippen molar-refractivity contribution in [3.63, 3.8) is 0 Å². The normalized spacial score (nSPS) is 11.8. The summed E-state index contributed by atoms with van der Waals surface area (Å²) in [7, 11) is 0. The largest absolute Gasteiger partial charge is 0.475 e. The third-order valence-corrected chi connectivity index (χ3v) is 3.04. The SMILES string of the molecule is Cc1cscc1-c1nc(C(F)(F)F)c(C(=O)O)o1. The van der Waals surface area contributed by atoms with Gasteiger partial charge in [-0.25, -0.2) is 9.78 Å². The van der Waals surface area contributed by atoms with Crippen LogP contribution in [0.25, 0.3) is 11.5 Å². The smallest absolute Gasteiger partial charge is 0.437 e. The molecule has 0 saturated carbocycles. The molecule has 1 N–H and O–H groups in total. The van der Waals surface area contributed by atoms with Gasteiger partial charge >= 0.3 is 12.1 Å².